The van der Waals surface area contributed by atoms with Gasteiger partial charge in [-0.2, -0.15) is 9.97 Å². The van der Waals surface area contributed by atoms with Crippen LogP contribution in [0.1, 0.15) is 107 Å². The van der Waals surface area contributed by atoms with Crippen LogP contribution in [0.25, 0.3) is 11.5 Å². The lowest BCUT2D eigenvalue weighted by molar-refractivity contribution is -0.125. The van der Waals surface area contributed by atoms with E-state index in [2.05, 4.69) is 32.3 Å². The molecule has 0 aliphatic heterocycles. The lowest BCUT2D eigenvalue weighted by Crippen LogP contribution is -2.52. The number of aromatic nitrogens is 4. The highest BCUT2D eigenvalue weighted by Gasteiger charge is 2.53. The van der Waals surface area contributed by atoms with Crippen LogP contribution in [0.5, 0.6) is 0 Å². The summed E-state index contributed by atoms with van der Waals surface area (Å²) in [6, 6.07) is 8.18. The van der Waals surface area contributed by atoms with Crippen molar-refractivity contribution in [2.24, 2.45) is 17.3 Å². The van der Waals surface area contributed by atoms with Crippen molar-refractivity contribution in [1.82, 2.24) is 20.3 Å². The SMILES string of the molecule is O=C(C1CCC1)N(CC12CCC(c3nc(CC4CC4)no3)(CC1)CC2)c1cccc(-c2nc(C3CC3)no2)c1. The zero-order chi connectivity index (χ0) is 26.0. The molecule has 6 aliphatic carbocycles. The van der Waals surface area contributed by atoms with Crippen LogP contribution in [0.15, 0.2) is 33.3 Å². The first-order valence-electron chi connectivity index (χ1n) is 15.2. The van der Waals surface area contributed by atoms with Crippen LogP contribution in [-0.2, 0) is 16.6 Å². The molecule has 0 saturated heterocycles. The summed E-state index contributed by atoms with van der Waals surface area (Å²) >= 11 is 0. The second-order valence-corrected chi connectivity index (χ2v) is 13.3. The number of hydrogen-bond acceptors (Lipinski definition) is 7. The van der Waals surface area contributed by atoms with Crippen LogP contribution in [0.3, 0.4) is 0 Å². The highest BCUT2D eigenvalue weighted by molar-refractivity contribution is 5.96. The molecule has 1 aromatic carbocycles. The number of nitrogens with zero attached hydrogens (tertiary/aromatic N) is 5. The van der Waals surface area contributed by atoms with Crippen LogP contribution < -0.4 is 4.90 Å². The Morgan fingerprint density at radius 2 is 1.72 bits per heavy atom. The van der Waals surface area contributed by atoms with Gasteiger partial charge in [0.2, 0.25) is 11.8 Å². The van der Waals surface area contributed by atoms with Gasteiger partial charge in [-0.1, -0.05) is 22.8 Å². The number of fused-ring (bicyclic) bond motifs is 3. The molecular formula is C31H37N5O3. The minimum atomic E-state index is 0.0243. The van der Waals surface area contributed by atoms with Gasteiger partial charge >= 0.3 is 0 Å². The van der Waals surface area contributed by atoms with E-state index >= 15 is 0 Å². The normalized spacial score (nSPS) is 28.4. The number of carbonyl (C=O) groups excluding carboxylic acids is 1. The molecule has 0 N–H and O–H groups in total. The molecule has 6 fully saturated rings. The van der Waals surface area contributed by atoms with Gasteiger partial charge in [-0.15, -0.1) is 0 Å². The summed E-state index contributed by atoms with van der Waals surface area (Å²) in [6.45, 7) is 0.774. The Bertz CT molecular complexity index is 1360. The maximum atomic E-state index is 13.8. The third kappa shape index (κ3) is 4.40. The molecule has 2 aromatic heterocycles. The molecule has 9 rings (SSSR count). The summed E-state index contributed by atoms with van der Waals surface area (Å²) in [5, 5.41) is 8.54. The van der Waals surface area contributed by atoms with Gasteiger partial charge in [0.15, 0.2) is 11.6 Å². The van der Waals surface area contributed by atoms with Gasteiger partial charge in [0.05, 0.1) is 0 Å². The Kier molecular flexibility index (Phi) is 5.50. The lowest BCUT2D eigenvalue weighted by Gasteiger charge is -2.53. The Morgan fingerprint density at radius 3 is 2.41 bits per heavy atom. The molecule has 2 bridgehead atoms. The van der Waals surface area contributed by atoms with Gasteiger partial charge in [-0.3, -0.25) is 4.79 Å². The van der Waals surface area contributed by atoms with Gasteiger partial charge in [-0.05, 0) is 107 Å². The van der Waals surface area contributed by atoms with E-state index in [-0.39, 0.29) is 22.7 Å². The maximum absolute atomic E-state index is 13.8. The molecule has 1 amide bonds. The van der Waals surface area contributed by atoms with Crippen molar-refractivity contribution >= 4 is 11.6 Å². The van der Waals surface area contributed by atoms with Crippen LogP contribution in [0.4, 0.5) is 5.69 Å². The Balaban J connectivity index is 1.03. The summed E-state index contributed by atoms with van der Waals surface area (Å²) in [6.07, 6.45) is 15.5. The predicted octanol–water partition coefficient (Wildman–Crippen LogP) is 6.37. The van der Waals surface area contributed by atoms with Gasteiger partial charge in [0.25, 0.3) is 5.89 Å². The molecule has 6 saturated carbocycles. The standard InChI is InChI=1S/C31H37N5O3/c37-28(22-3-1-4-22)36(24-6-2-5-23(18-24)27-33-26(35-38-27)21-9-10-21)19-30-11-14-31(15-12-30,16-13-30)29-32-25(34-39-29)17-20-7-8-20/h2,5-6,18,20-22H,1,3-4,7-17,19H2. The van der Waals surface area contributed by atoms with Crippen molar-refractivity contribution < 1.29 is 13.8 Å². The first kappa shape index (κ1) is 23.8. The molecule has 0 unspecified atom stereocenters. The van der Waals surface area contributed by atoms with Crippen molar-refractivity contribution in [3.05, 3.63) is 41.8 Å². The fourth-order valence-corrected chi connectivity index (χ4v) is 7.13. The first-order valence-corrected chi connectivity index (χ1v) is 15.2. The molecule has 8 nitrogen and oxygen atoms in total. The van der Waals surface area contributed by atoms with E-state index in [1.807, 2.05) is 12.1 Å². The van der Waals surface area contributed by atoms with Gasteiger partial charge in [0, 0.05) is 41.5 Å². The molecule has 0 spiro atoms. The zero-order valence-corrected chi connectivity index (χ0v) is 22.6. The third-order valence-corrected chi connectivity index (χ3v) is 10.5. The first-order chi connectivity index (χ1) is 19.1. The fourth-order valence-electron chi connectivity index (χ4n) is 7.13. The molecule has 204 valence electrons. The van der Waals surface area contributed by atoms with Gasteiger partial charge in [-0.25, -0.2) is 0 Å². The second kappa shape index (κ2) is 9.00. The predicted molar refractivity (Wildman–Crippen MR) is 144 cm³/mol. The average Bonchev–Trinajstić information content (AvgIpc) is 3.86. The summed E-state index contributed by atoms with van der Waals surface area (Å²) in [4.78, 5) is 25.5. The van der Waals surface area contributed by atoms with E-state index < -0.39 is 0 Å². The largest absolute Gasteiger partial charge is 0.339 e. The summed E-state index contributed by atoms with van der Waals surface area (Å²) in [5.74, 6) is 4.75. The van der Waals surface area contributed by atoms with Crippen molar-refractivity contribution in [1.29, 1.82) is 0 Å². The Hall–Kier alpha value is -3.03. The lowest BCUT2D eigenvalue weighted by atomic mass is 9.53. The quantitative estimate of drug-likeness (QED) is 0.319. The van der Waals surface area contributed by atoms with E-state index in [0.717, 1.165) is 118 Å². The zero-order valence-electron chi connectivity index (χ0n) is 22.6. The van der Waals surface area contributed by atoms with Crippen molar-refractivity contribution in [2.75, 3.05) is 11.4 Å². The highest BCUT2D eigenvalue weighted by atomic mass is 16.5. The smallest absolute Gasteiger partial charge is 0.258 e. The number of carbonyl (C=O) groups is 1. The van der Waals surface area contributed by atoms with Crippen LogP contribution in [-0.4, -0.2) is 32.7 Å². The molecule has 3 aromatic rings. The number of anilines is 1. The van der Waals surface area contributed by atoms with Crippen LogP contribution in [0.2, 0.25) is 0 Å². The van der Waals surface area contributed by atoms with Crippen LogP contribution >= 0.6 is 0 Å². The van der Waals surface area contributed by atoms with E-state index in [0.29, 0.717) is 11.8 Å². The van der Waals surface area contributed by atoms with E-state index in [9.17, 15) is 4.79 Å². The minimum Gasteiger partial charge on any atom is -0.339 e. The molecule has 39 heavy (non-hydrogen) atoms. The van der Waals surface area contributed by atoms with Crippen molar-refractivity contribution in [3.8, 4) is 11.5 Å². The summed E-state index contributed by atoms with van der Waals surface area (Å²) in [7, 11) is 0. The molecule has 0 radical (unpaired) electrons. The van der Waals surface area contributed by atoms with Crippen LogP contribution in [0, 0.1) is 17.3 Å². The molecular weight excluding hydrogens is 490 g/mol. The summed E-state index contributed by atoms with van der Waals surface area (Å²) in [5.41, 5.74) is 2.00. The minimum absolute atomic E-state index is 0.0243. The highest BCUT2D eigenvalue weighted by Crippen LogP contribution is 2.58. The maximum Gasteiger partial charge on any atom is 0.258 e. The Labute approximate surface area is 228 Å². The number of amides is 1. The third-order valence-electron chi connectivity index (χ3n) is 10.5. The number of benzene rings is 1. The van der Waals surface area contributed by atoms with Crippen molar-refractivity contribution in [3.63, 3.8) is 0 Å². The van der Waals surface area contributed by atoms with E-state index in [4.69, 9.17) is 14.0 Å². The fraction of sp³-hybridized carbons (Fsp3) is 0.645. The average molecular weight is 528 g/mol. The van der Waals surface area contributed by atoms with Gasteiger partial charge < -0.3 is 13.9 Å². The molecule has 0 atom stereocenters. The van der Waals surface area contributed by atoms with E-state index in [1.165, 1.54) is 12.8 Å². The van der Waals surface area contributed by atoms with E-state index in [1.54, 1.807) is 0 Å². The molecule has 2 heterocycles. The topological polar surface area (TPSA) is 98.2 Å². The Morgan fingerprint density at radius 1 is 0.923 bits per heavy atom. The second-order valence-electron chi connectivity index (χ2n) is 13.3. The number of hydrogen-bond donors (Lipinski definition) is 0. The molecule has 6 aliphatic rings. The van der Waals surface area contributed by atoms with Gasteiger partial charge in [0.1, 0.15) is 0 Å². The summed E-state index contributed by atoms with van der Waals surface area (Å²) < 4.78 is 11.5. The van der Waals surface area contributed by atoms with Crippen molar-refractivity contribution in [2.45, 2.75) is 101 Å². The monoisotopic (exact) mass is 527 g/mol. The number of rotatable bonds is 9. The molecule has 8 heteroatoms.